The maximum absolute atomic E-state index is 5.92. The third-order valence-electron chi connectivity index (χ3n) is 3.49. The smallest absolute Gasteiger partial charge is 0.213 e. The van der Waals surface area contributed by atoms with Gasteiger partial charge in [-0.15, -0.1) is 11.6 Å². The zero-order chi connectivity index (χ0) is 12.3. The Morgan fingerprint density at radius 3 is 2.71 bits per heavy atom. The quantitative estimate of drug-likeness (QED) is 0.755. The molecule has 0 aromatic carbocycles. The minimum Gasteiger partial charge on any atom is -0.474 e. The molecule has 0 atom stereocenters. The number of ether oxygens (including phenoxy) is 1. The van der Waals surface area contributed by atoms with Crippen molar-refractivity contribution >= 4 is 11.6 Å². The predicted octanol–water partition coefficient (Wildman–Crippen LogP) is 4.17. The van der Waals surface area contributed by atoms with E-state index in [1.807, 2.05) is 18.2 Å². The summed E-state index contributed by atoms with van der Waals surface area (Å²) in [4.78, 5) is 4.37. The molecule has 1 fully saturated rings. The van der Waals surface area contributed by atoms with Crippen molar-refractivity contribution in [2.45, 2.75) is 51.5 Å². The largest absolute Gasteiger partial charge is 0.474 e. The Morgan fingerprint density at radius 2 is 2.06 bits per heavy atom. The van der Waals surface area contributed by atoms with Crippen molar-refractivity contribution in [3.8, 4) is 5.88 Å². The van der Waals surface area contributed by atoms with Crippen LogP contribution in [0.25, 0.3) is 0 Å². The van der Waals surface area contributed by atoms with E-state index in [0.717, 1.165) is 18.5 Å². The van der Waals surface area contributed by atoms with Crippen LogP contribution in [0.4, 0.5) is 0 Å². The van der Waals surface area contributed by atoms with Crippen LogP contribution in [0.2, 0.25) is 0 Å². The van der Waals surface area contributed by atoms with Gasteiger partial charge in [0.25, 0.3) is 0 Å². The van der Waals surface area contributed by atoms with Gasteiger partial charge in [-0.25, -0.2) is 4.98 Å². The zero-order valence-corrected chi connectivity index (χ0v) is 11.3. The summed E-state index contributed by atoms with van der Waals surface area (Å²) < 4.78 is 5.92. The van der Waals surface area contributed by atoms with Crippen molar-refractivity contribution in [2.24, 2.45) is 5.41 Å². The SMILES string of the molecule is CC1(C)CCC(Oc2cccc(CCl)n2)CC1. The first kappa shape index (κ1) is 12.7. The van der Waals surface area contributed by atoms with Gasteiger partial charge in [-0.1, -0.05) is 19.9 Å². The lowest BCUT2D eigenvalue weighted by Crippen LogP contribution is -2.28. The van der Waals surface area contributed by atoms with E-state index < -0.39 is 0 Å². The maximum Gasteiger partial charge on any atom is 0.213 e. The lowest BCUT2D eigenvalue weighted by Gasteiger charge is -2.34. The molecular formula is C14H20ClNO. The Balaban J connectivity index is 1.93. The first-order valence-corrected chi connectivity index (χ1v) is 6.81. The molecule has 0 saturated heterocycles. The standard InChI is InChI=1S/C14H20ClNO/c1-14(2)8-6-12(7-9-14)17-13-5-3-4-11(10-15)16-13/h3-5,12H,6-10H2,1-2H3. The summed E-state index contributed by atoms with van der Waals surface area (Å²) in [5.41, 5.74) is 1.35. The highest BCUT2D eigenvalue weighted by Gasteiger charge is 2.27. The Kier molecular flexibility index (Phi) is 3.93. The van der Waals surface area contributed by atoms with E-state index in [1.165, 1.54) is 12.8 Å². The molecule has 3 heteroatoms. The second kappa shape index (κ2) is 5.26. The van der Waals surface area contributed by atoms with Crippen molar-refractivity contribution < 1.29 is 4.74 Å². The van der Waals surface area contributed by atoms with E-state index in [1.54, 1.807) is 0 Å². The number of halogens is 1. The van der Waals surface area contributed by atoms with Crippen LogP contribution in [-0.2, 0) is 5.88 Å². The minimum absolute atomic E-state index is 0.320. The fourth-order valence-corrected chi connectivity index (χ4v) is 2.41. The minimum atomic E-state index is 0.320. The van der Waals surface area contributed by atoms with Crippen LogP contribution in [0, 0.1) is 5.41 Å². The molecule has 1 aromatic heterocycles. The van der Waals surface area contributed by atoms with E-state index in [-0.39, 0.29) is 0 Å². The van der Waals surface area contributed by atoms with Crippen molar-refractivity contribution in [2.75, 3.05) is 0 Å². The summed E-state index contributed by atoms with van der Waals surface area (Å²) >= 11 is 5.76. The molecule has 0 radical (unpaired) electrons. The van der Waals surface area contributed by atoms with E-state index in [0.29, 0.717) is 23.3 Å². The first-order chi connectivity index (χ1) is 8.09. The van der Waals surface area contributed by atoms with E-state index in [9.17, 15) is 0 Å². The molecule has 2 nitrogen and oxygen atoms in total. The van der Waals surface area contributed by atoms with Gasteiger partial charge in [0.05, 0.1) is 11.6 Å². The monoisotopic (exact) mass is 253 g/mol. The molecule has 1 heterocycles. The fraction of sp³-hybridized carbons (Fsp3) is 0.643. The molecule has 0 N–H and O–H groups in total. The number of nitrogens with zero attached hydrogens (tertiary/aromatic N) is 1. The average Bonchev–Trinajstić information content (AvgIpc) is 2.32. The van der Waals surface area contributed by atoms with Gasteiger partial charge in [-0.05, 0) is 37.2 Å². The summed E-state index contributed by atoms with van der Waals surface area (Å²) in [6.45, 7) is 4.66. The first-order valence-electron chi connectivity index (χ1n) is 6.28. The van der Waals surface area contributed by atoms with Crippen LogP contribution < -0.4 is 4.74 Å². The summed E-state index contributed by atoms with van der Waals surface area (Å²) in [5.74, 6) is 1.15. The normalized spacial score (nSPS) is 20.2. The highest BCUT2D eigenvalue weighted by Crippen LogP contribution is 2.36. The molecule has 94 valence electrons. The molecule has 1 aliphatic rings. The molecule has 1 aliphatic carbocycles. The topological polar surface area (TPSA) is 22.1 Å². The van der Waals surface area contributed by atoms with Gasteiger partial charge in [0.1, 0.15) is 6.10 Å². The molecule has 0 aliphatic heterocycles. The molecule has 17 heavy (non-hydrogen) atoms. The number of hydrogen-bond acceptors (Lipinski definition) is 2. The van der Waals surface area contributed by atoms with Crippen molar-refractivity contribution in [3.05, 3.63) is 23.9 Å². The van der Waals surface area contributed by atoms with Gasteiger partial charge in [-0.2, -0.15) is 0 Å². The molecule has 1 aromatic rings. The Bertz CT molecular complexity index is 368. The third kappa shape index (κ3) is 3.60. The predicted molar refractivity (Wildman–Crippen MR) is 70.5 cm³/mol. The van der Waals surface area contributed by atoms with Gasteiger partial charge in [0, 0.05) is 6.07 Å². The molecule has 2 rings (SSSR count). The van der Waals surface area contributed by atoms with Crippen molar-refractivity contribution in [1.29, 1.82) is 0 Å². The van der Waals surface area contributed by atoms with Crippen LogP contribution in [0.3, 0.4) is 0 Å². The van der Waals surface area contributed by atoms with Crippen molar-refractivity contribution in [3.63, 3.8) is 0 Å². The van der Waals surface area contributed by atoms with Crippen LogP contribution in [0.1, 0.15) is 45.2 Å². The van der Waals surface area contributed by atoms with E-state index in [4.69, 9.17) is 16.3 Å². The van der Waals surface area contributed by atoms with Crippen LogP contribution in [0.5, 0.6) is 5.88 Å². The number of rotatable bonds is 3. The van der Waals surface area contributed by atoms with Gasteiger partial charge >= 0.3 is 0 Å². The summed E-state index contributed by atoms with van der Waals surface area (Å²) in [6, 6.07) is 5.78. The molecule has 1 saturated carbocycles. The van der Waals surface area contributed by atoms with Gasteiger partial charge < -0.3 is 4.74 Å². The Hall–Kier alpha value is -0.760. The van der Waals surface area contributed by atoms with Crippen molar-refractivity contribution in [1.82, 2.24) is 4.98 Å². The van der Waals surface area contributed by atoms with Crippen LogP contribution >= 0.6 is 11.6 Å². The molecule has 0 unspecified atom stereocenters. The maximum atomic E-state index is 5.92. The number of pyridine rings is 1. The summed E-state index contributed by atoms with van der Waals surface area (Å²) in [7, 11) is 0. The number of hydrogen-bond donors (Lipinski definition) is 0. The van der Waals surface area contributed by atoms with Gasteiger partial charge in [0.15, 0.2) is 0 Å². The molecule has 0 bridgehead atoms. The fourth-order valence-electron chi connectivity index (χ4n) is 2.26. The Morgan fingerprint density at radius 1 is 1.35 bits per heavy atom. The zero-order valence-electron chi connectivity index (χ0n) is 10.6. The second-order valence-electron chi connectivity index (χ2n) is 5.58. The van der Waals surface area contributed by atoms with Crippen LogP contribution in [-0.4, -0.2) is 11.1 Å². The van der Waals surface area contributed by atoms with Crippen LogP contribution in [0.15, 0.2) is 18.2 Å². The average molecular weight is 254 g/mol. The molecular weight excluding hydrogens is 234 g/mol. The highest BCUT2D eigenvalue weighted by atomic mass is 35.5. The number of alkyl halides is 1. The third-order valence-corrected chi connectivity index (χ3v) is 3.77. The number of aromatic nitrogens is 1. The van der Waals surface area contributed by atoms with E-state index in [2.05, 4.69) is 18.8 Å². The summed E-state index contributed by atoms with van der Waals surface area (Å²) in [5, 5.41) is 0. The Labute approximate surface area is 108 Å². The van der Waals surface area contributed by atoms with Gasteiger partial charge in [-0.3, -0.25) is 0 Å². The van der Waals surface area contributed by atoms with E-state index >= 15 is 0 Å². The molecule has 0 spiro atoms. The highest BCUT2D eigenvalue weighted by molar-refractivity contribution is 6.16. The second-order valence-corrected chi connectivity index (χ2v) is 5.85. The molecule has 0 amide bonds. The lowest BCUT2D eigenvalue weighted by molar-refractivity contribution is 0.0948. The summed E-state index contributed by atoms with van der Waals surface area (Å²) in [6.07, 6.45) is 5.03. The lowest BCUT2D eigenvalue weighted by atomic mass is 9.76. The van der Waals surface area contributed by atoms with Gasteiger partial charge in [0.2, 0.25) is 5.88 Å².